The molecule has 108 valence electrons. The van der Waals surface area contributed by atoms with Gasteiger partial charge in [-0.05, 0) is 58.8 Å². The minimum absolute atomic E-state index is 0.250. The van der Waals surface area contributed by atoms with Gasteiger partial charge in [0.1, 0.15) is 5.75 Å². The van der Waals surface area contributed by atoms with Gasteiger partial charge in [0, 0.05) is 6.04 Å². The standard InChI is InChI=1S/C16H26BrNO/c1-4-6-13(7-5-2)15(18)11-12-8-9-16(19-3)14(17)10-12/h8-10,13,15H,4-7,11,18H2,1-3H3. The topological polar surface area (TPSA) is 35.2 Å². The highest BCUT2D eigenvalue weighted by molar-refractivity contribution is 9.10. The zero-order valence-electron chi connectivity index (χ0n) is 12.3. The van der Waals surface area contributed by atoms with E-state index in [4.69, 9.17) is 10.5 Å². The molecule has 1 atom stereocenters. The molecule has 1 aromatic rings. The monoisotopic (exact) mass is 327 g/mol. The van der Waals surface area contributed by atoms with Gasteiger partial charge < -0.3 is 10.5 Å². The lowest BCUT2D eigenvalue weighted by Crippen LogP contribution is -2.32. The van der Waals surface area contributed by atoms with Crippen LogP contribution >= 0.6 is 15.9 Å². The number of halogens is 1. The molecule has 0 spiro atoms. The zero-order chi connectivity index (χ0) is 14.3. The number of ether oxygens (including phenoxy) is 1. The van der Waals surface area contributed by atoms with E-state index < -0.39 is 0 Å². The Morgan fingerprint density at radius 2 is 1.84 bits per heavy atom. The van der Waals surface area contributed by atoms with Gasteiger partial charge in [0.05, 0.1) is 11.6 Å². The number of benzene rings is 1. The average molecular weight is 328 g/mol. The Morgan fingerprint density at radius 3 is 2.32 bits per heavy atom. The van der Waals surface area contributed by atoms with Crippen LogP contribution in [0.1, 0.15) is 45.1 Å². The summed E-state index contributed by atoms with van der Waals surface area (Å²) < 4.78 is 6.25. The number of hydrogen-bond donors (Lipinski definition) is 1. The SMILES string of the molecule is CCCC(CCC)C(N)Cc1ccc(OC)c(Br)c1. The Kier molecular flexibility index (Phi) is 7.47. The summed E-state index contributed by atoms with van der Waals surface area (Å²) in [5.41, 5.74) is 7.67. The smallest absolute Gasteiger partial charge is 0.133 e. The molecule has 2 nitrogen and oxygen atoms in total. The highest BCUT2D eigenvalue weighted by atomic mass is 79.9. The average Bonchev–Trinajstić information content (AvgIpc) is 2.38. The molecule has 3 heteroatoms. The van der Waals surface area contributed by atoms with Gasteiger partial charge in [-0.15, -0.1) is 0 Å². The van der Waals surface area contributed by atoms with Gasteiger partial charge >= 0.3 is 0 Å². The maximum absolute atomic E-state index is 6.40. The van der Waals surface area contributed by atoms with Crippen molar-refractivity contribution in [3.8, 4) is 5.75 Å². The van der Waals surface area contributed by atoms with E-state index in [0.29, 0.717) is 5.92 Å². The van der Waals surface area contributed by atoms with Crippen molar-refractivity contribution in [2.24, 2.45) is 11.7 Å². The third-order valence-corrected chi connectivity index (χ3v) is 4.23. The molecule has 0 fully saturated rings. The lowest BCUT2D eigenvalue weighted by atomic mass is 9.87. The Balaban J connectivity index is 2.68. The van der Waals surface area contributed by atoms with Crippen molar-refractivity contribution in [2.75, 3.05) is 7.11 Å². The van der Waals surface area contributed by atoms with Gasteiger partial charge in [-0.1, -0.05) is 32.8 Å². The van der Waals surface area contributed by atoms with Crippen molar-refractivity contribution >= 4 is 15.9 Å². The van der Waals surface area contributed by atoms with Crippen molar-refractivity contribution in [3.63, 3.8) is 0 Å². The first kappa shape index (κ1) is 16.5. The van der Waals surface area contributed by atoms with Gasteiger partial charge in [0.15, 0.2) is 0 Å². The second kappa shape index (κ2) is 8.60. The van der Waals surface area contributed by atoms with Crippen LogP contribution in [-0.4, -0.2) is 13.2 Å². The minimum atomic E-state index is 0.250. The molecule has 0 amide bonds. The van der Waals surface area contributed by atoms with E-state index in [1.807, 2.05) is 6.07 Å². The Labute approximate surface area is 125 Å². The minimum Gasteiger partial charge on any atom is -0.496 e. The largest absolute Gasteiger partial charge is 0.496 e. The molecule has 0 bridgehead atoms. The molecule has 0 aliphatic carbocycles. The van der Waals surface area contributed by atoms with Gasteiger partial charge in [0.25, 0.3) is 0 Å². The zero-order valence-corrected chi connectivity index (χ0v) is 13.9. The van der Waals surface area contributed by atoms with E-state index in [1.54, 1.807) is 7.11 Å². The molecular weight excluding hydrogens is 302 g/mol. The van der Waals surface area contributed by atoms with E-state index in [0.717, 1.165) is 16.6 Å². The summed E-state index contributed by atoms with van der Waals surface area (Å²) in [4.78, 5) is 0. The van der Waals surface area contributed by atoms with Crippen LogP contribution in [0, 0.1) is 5.92 Å². The molecule has 0 heterocycles. The summed E-state index contributed by atoms with van der Waals surface area (Å²) >= 11 is 3.53. The summed E-state index contributed by atoms with van der Waals surface area (Å²) in [5, 5.41) is 0. The van der Waals surface area contributed by atoms with E-state index in [9.17, 15) is 0 Å². The second-order valence-electron chi connectivity index (χ2n) is 5.17. The third kappa shape index (κ3) is 5.15. The fraction of sp³-hybridized carbons (Fsp3) is 0.625. The number of nitrogens with two attached hydrogens (primary N) is 1. The summed E-state index contributed by atoms with van der Waals surface area (Å²) in [5.74, 6) is 1.51. The Morgan fingerprint density at radius 1 is 1.21 bits per heavy atom. The quantitative estimate of drug-likeness (QED) is 0.760. The molecule has 1 rings (SSSR count). The van der Waals surface area contributed by atoms with E-state index >= 15 is 0 Å². The highest BCUT2D eigenvalue weighted by Gasteiger charge is 2.17. The van der Waals surface area contributed by atoms with Crippen molar-refractivity contribution in [2.45, 2.75) is 52.0 Å². The third-order valence-electron chi connectivity index (χ3n) is 3.61. The van der Waals surface area contributed by atoms with Gasteiger partial charge in [-0.3, -0.25) is 0 Å². The van der Waals surface area contributed by atoms with Crippen molar-refractivity contribution in [1.82, 2.24) is 0 Å². The number of rotatable bonds is 8. The summed E-state index contributed by atoms with van der Waals surface area (Å²) in [6.07, 6.45) is 5.82. The summed E-state index contributed by atoms with van der Waals surface area (Å²) in [6, 6.07) is 6.48. The van der Waals surface area contributed by atoms with E-state index in [2.05, 4.69) is 41.9 Å². The van der Waals surface area contributed by atoms with Gasteiger partial charge in [0.2, 0.25) is 0 Å². The van der Waals surface area contributed by atoms with Crippen LogP contribution in [-0.2, 0) is 6.42 Å². The molecule has 0 radical (unpaired) electrons. The molecular formula is C16H26BrNO. The Bertz CT molecular complexity index is 375. The van der Waals surface area contributed by atoms with Crippen LogP contribution < -0.4 is 10.5 Å². The number of hydrogen-bond acceptors (Lipinski definition) is 2. The molecule has 2 N–H and O–H groups in total. The van der Waals surface area contributed by atoms with Crippen LogP contribution in [0.15, 0.2) is 22.7 Å². The first-order chi connectivity index (χ1) is 9.12. The Hall–Kier alpha value is -0.540. The van der Waals surface area contributed by atoms with Crippen LogP contribution in [0.2, 0.25) is 0 Å². The van der Waals surface area contributed by atoms with Crippen LogP contribution in [0.3, 0.4) is 0 Å². The normalized spacial score (nSPS) is 12.7. The maximum atomic E-state index is 6.40. The fourth-order valence-electron chi connectivity index (χ4n) is 2.59. The second-order valence-corrected chi connectivity index (χ2v) is 6.03. The van der Waals surface area contributed by atoms with Crippen molar-refractivity contribution in [1.29, 1.82) is 0 Å². The first-order valence-corrected chi connectivity index (χ1v) is 7.99. The lowest BCUT2D eigenvalue weighted by Gasteiger charge is -2.23. The molecule has 0 aromatic heterocycles. The molecule has 0 aliphatic rings. The van der Waals surface area contributed by atoms with Crippen molar-refractivity contribution in [3.05, 3.63) is 28.2 Å². The van der Waals surface area contributed by atoms with Gasteiger partial charge in [-0.2, -0.15) is 0 Å². The molecule has 0 saturated carbocycles. The lowest BCUT2D eigenvalue weighted by molar-refractivity contribution is 0.359. The molecule has 0 aliphatic heterocycles. The van der Waals surface area contributed by atoms with Crippen molar-refractivity contribution < 1.29 is 4.74 Å². The predicted molar refractivity (Wildman–Crippen MR) is 85.7 cm³/mol. The molecule has 1 unspecified atom stereocenters. The summed E-state index contributed by atoms with van der Waals surface area (Å²) in [7, 11) is 1.68. The van der Waals surface area contributed by atoms with Crippen LogP contribution in [0.25, 0.3) is 0 Å². The molecule has 19 heavy (non-hydrogen) atoms. The molecule has 1 aromatic carbocycles. The molecule has 0 saturated heterocycles. The van der Waals surface area contributed by atoms with E-state index in [-0.39, 0.29) is 6.04 Å². The first-order valence-electron chi connectivity index (χ1n) is 7.20. The predicted octanol–water partition coefficient (Wildman–Crippen LogP) is 4.54. The van der Waals surface area contributed by atoms with Crippen LogP contribution in [0.5, 0.6) is 5.75 Å². The summed E-state index contributed by atoms with van der Waals surface area (Å²) in [6.45, 7) is 4.47. The fourth-order valence-corrected chi connectivity index (χ4v) is 3.18. The van der Waals surface area contributed by atoms with Crippen LogP contribution in [0.4, 0.5) is 0 Å². The van der Waals surface area contributed by atoms with E-state index in [1.165, 1.54) is 31.2 Å². The van der Waals surface area contributed by atoms with Gasteiger partial charge in [-0.25, -0.2) is 0 Å². The number of methoxy groups -OCH3 is 1. The highest BCUT2D eigenvalue weighted by Crippen LogP contribution is 2.27. The maximum Gasteiger partial charge on any atom is 0.133 e.